The molecule has 0 spiro atoms. The molecule has 3 nitrogen and oxygen atoms in total. The first-order chi connectivity index (χ1) is 20.8. The molecule has 0 saturated carbocycles. The quantitative estimate of drug-likeness (QED) is 0.0688. The molecule has 42 heavy (non-hydrogen) atoms. The van der Waals surface area contributed by atoms with Gasteiger partial charge in [0.05, 0.1) is 19.8 Å². The molecule has 0 N–H and O–H groups in total. The highest BCUT2D eigenvalue weighted by Crippen LogP contribution is 2.41. The summed E-state index contributed by atoms with van der Waals surface area (Å²) in [5.41, 5.74) is 2.94. The van der Waals surface area contributed by atoms with Crippen molar-refractivity contribution in [3.05, 3.63) is 71.8 Å². The van der Waals surface area contributed by atoms with Crippen molar-refractivity contribution in [1.29, 1.82) is 0 Å². The largest absolute Gasteiger partial charge is 0.332 e. The van der Waals surface area contributed by atoms with E-state index in [-0.39, 0.29) is 0 Å². The van der Waals surface area contributed by atoms with Gasteiger partial charge in [0.25, 0.3) is 0 Å². The molecule has 1 unspecified atom stereocenters. The highest BCUT2D eigenvalue weighted by atomic mass is 31.2. The molecule has 0 aliphatic heterocycles. The summed E-state index contributed by atoms with van der Waals surface area (Å²) in [4.78, 5) is 0. The molecule has 0 amide bonds. The zero-order chi connectivity index (χ0) is 29.8. The smallest absolute Gasteiger partial charge is 0.312 e. The summed E-state index contributed by atoms with van der Waals surface area (Å²) in [5.74, 6) is 0.617. The molecule has 0 aliphatic rings. The first-order valence-electron chi connectivity index (χ1n) is 17.6. The minimum Gasteiger partial charge on any atom is -0.312 e. The minimum absolute atomic E-state index is 0.617. The lowest BCUT2D eigenvalue weighted by molar-refractivity contribution is 0.135. The van der Waals surface area contributed by atoms with Crippen molar-refractivity contribution < 1.29 is 13.6 Å². The van der Waals surface area contributed by atoms with Crippen LogP contribution in [0.5, 0.6) is 0 Å². The van der Waals surface area contributed by atoms with Crippen molar-refractivity contribution in [2.45, 2.75) is 142 Å². The Labute approximate surface area is 261 Å². The second-order valence-electron chi connectivity index (χ2n) is 12.0. The van der Waals surface area contributed by atoms with E-state index in [1.54, 1.807) is 0 Å². The van der Waals surface area contributed by atoms with E-state index in [0.717, 1.165) is 32.7 Å². The fraction of sp³-hybridized carbons (Fsp3) is 0.684. The van der Waals surface area contributed by atoms with Gasteiger partial charge >= 0.3 is 8.60 Å². The van der Waals surface area contributed by atoms with Crippen LogP contribution in [-0.2, 0) is 26.4 Å². The molecule has 2 aromatic rings. The molecule has 0 heterocycles. The summed E-state index contributed by atoms with van der Waals surface area (Å²) in [5, 5.41) is 0. The van der Waals surface area contributed by atoms with Gasteiger partial charge in [-0.15, -0.1) is 0 Å². The molecule has 0 saturated heterocycles. The van der Waals surface area contributed by atoms with Crippen LogP contribution in [0.25, 0.3) is 0 Å². The van der Waals surface area contributed by atoms with Gasteiger partial charge < -0.3 is 13.6 Å². The van der Waals surface area contributed by atoms with Crippen molar-refractivity contribution >= 4 is 8.60 Å². The third-order valence-electron chi connectivity index (χ3n) is 8.26. The van der Waals surface area contributed by atoms with Gasteiger partial charge in [-0.25, -0.2) is 0 Å². The Balaban J connectivity index is 1.50. The molecule has 2 rings (SSSR count). The third-order valence-corrected chi connectivity index (χ3v) is 9.40. The molecule has 4 heteroatoms. The lowest BCUT2D eigenvalue weighted by Gasteiger charge is -2.20. The van der Waals surface area contributed by atoms with Gasteiger partial charge in [0.2, 0.25) is 0 Å². The average Bonchev–Trinajstić information content (AvgIpc) is 3.03. The maximum Gasteiger partial charge on any atom is 0.332 e. The summed E-state index contributed by atoms with van der Waals surface area (Å²) >= 11 is 0. The molecule has 0 fully saturated rings. The molecule has 1 atom stereocenters. The van der Waals surface area contributed by atoms with Crippen LogP contribution in [0.15, 0.2) is 60.7 Å². The van der Waals surface area contributed by atoms with Gasteiger partial charge in [0.1, 0.15) is 0 Å². The maximum atomic E-state index is 6.23. The lowest BCUT2D eigenvalue weighted by Crippen LogP contribution is -2.09. The van der Waals surface area contributed by atoms with Gasteiger partial charge in [-0.05, 0) is 62.0 Å². The molecular weight excluding hydrogens is 535 g/mol. The Kier molecular flexibility index (Phi) is 24.0. The fourth-order valence-corrected chi connectivity index (χ4v) is 6.49. The van der Waals surface area contributed by atoms with Crippen LogP contribution in [-0.4, -0.2) is 19.8 Å². The van der Waals surface area contributed by atoms with E-state index in [2.05, 4.69) is 74.5 Å². The number of hydrogen-bond acceptors (Lipinski definition) is 3. The molecule has 0 bridgehead atoms. The monoisotopic (exact) mass is 598 g/mol. The van der Waals surface area contributed by atoms with Crippen LogP contribution < -0.4 is 0 Å². The van der Waals surface area contributed by atoms with Crippen molar-refractivity contribution in [3.8, 4) is 0 Å². The first kappa shape index (κ1) is 36.9. The summed E-state index contributed by atoms with van der Waals surface area (Å²) in [6, 6.07) is 21.7. The summed E-state index contributed by atoms with van der Waals surface area (Å²) in [6.07, 6.45) is 25.3. The van der Waals surface area contributed by atoms with Crippen LogP contribution in [0.2, 0.25) is 0 Å². The van der Waals surface area contributed by atoms with Gasteiger partial charge in [-0.2, -0.15) is 0 Å². The second-order valence-corrected chi connectivity index (χ2v) is 13.2. The fourth-order valence-electron chi connectivity index (χ4n) is 5.37. The Morgan fingerprint density at radius 1 is 0.500 bits per heavy atom. The Bertz CT molecular complexity index is 756. The highest BCUT2D eigenvalue weighted by molar-refractivity contribution is 7.41. The number of rotatable bonds is 29. The Hall–Kier alpha value is -1.25. The molecule has 0 aromatic heterocycles. The van der Waals surface area contributed by atoms with Crippen LogP contribution in [0, 0.1) is 5.92 Å². The predicted octanol–water partition coefficient (Wildman–Crippen LogP) is 12.4. The molecule has 238 valence electrons. The number of aryl methyl sites for hydroxylation is 2. The minimum atomic E-state index is -1.22. The zero-order valence-electron chi connectivity index (χ0n) is 27.3. The van der Waals surface area contributed by atoms with E-state index in [9.17, 15) is 0 Å². The van der Waals surface area contributed by atoms with Crippen molar-refractivity contribution in [2.24, 2.45) is 5.92 Å². The number of hydrogen-bond donors (Lipinski definition) is 0. The zero-order valence-corrected chi connectivity index (χ0v) is 28.2. The van der Waals surface area contributed by atoms with Gasteiger partial charge in [0.15, 0.2) is 0 Å². The Morgan fingerprint density at radius 3 is 1.36 bits per heavy atom. The Morgan fingerprint density at radius 2 is 0.929 bits per heavy atom. The van der Waals surface area contributed by atoms with Crippen LogP contribution >= 0.6 is 8.60 Å². The normalized spacial score (nSPS) is 12.3. The SMILES string of the molecule is CCCCC(CC)COP(OCCCCCCCCCc1ccccc1)OCCCCCCCCCc1ccccc1. The van der Waals surface area contributed by atoms with Crippen molar-refractivity contribution in [2.75, 3.05) is 19.8 Å². The molecule has 2 aromatic carbocycles. The maximum absolute atomic E-state index is 6.23. The standard InChI is InChI=1S/C38H63O3P/c1-3-5-26-36(4-2)35-41-42(39-33-24-14-10-6-8-12-18-27-37-29-20-16-21-30-37)40-34-25-15-11-7-9-13-19-28-38-31-22-17-23-32-38/h16-17,20-23,29-32,36H,3-15,18-19,24-28,33-35H2,1-2H3. The lowest BCUT2D eigenvalue weighted by atomic mass is 10.0. The molecule has 0 radical (unpaired) electrons. The number of benzene rings is 2. The number of unbranched alkanes of at least 4 members (excludes halogenated alkanes) is 13. The van der Waals surface area contributed by atoms with E-state index in [0.29, 0.717) is 5.92 Å². The van der Waals surface area contributed by atoms with Crippen molar-refractivity contribution in [1.82, 2.24) is 0 Å². The van der Waals surface area contributed by atoms with Crippen molar-refractivity contribution in [3.63, 3.8) is 0 Å². The van der Waals surface area contributed by atoms with Gasteiger partial charge in [0, 0.05) is 0 Å². The van der Waals surface area contributed by atoms with Gasteiger partial charge in [-0.3, -0.25) is 0 Å². The summed E-state index contributed by atoms with van der Waals surface area (Å²) in [6.45, 7) is 6.83. The van der Waals surface area contributed by atoms with Crippen LogP contribution in [0.3, 0.4) is 0 Å². The average molecular weight is 599 g/mol. The summed E-state index contributed by atoms with van der Waals surface area (Å²) in [7, 11) is -1.22. The van der Waals surface area contributed by atoms with E-state index in [4.69, 9.17) is 13.6 Å². The van der Waals surface area contributed by atoms with Crippen LogP contribution in [0.1, 0.15) is 141 Å². The molecule has 0 aliphatic carbocycles. The van der Waals surface area contributed by atoms with E-state index >= 15 is 0 Å². The third kappa shape index (κ3) is 20.6. The van der Waals surface area contributed by atoms with Crippen LogP contribution in [0.4, 0.5) is 0 Å². The second kappa shape index (κ2) is 27.3. The molecular formula is C38H63O3P. The topological polar surface area (TPSA) is 27.7 Å². The van der Waals surface area contributed by atoms with E-state index in [1.807, 2.05) is 0 Å². The predicted molar refractivity (Wildman–Crippen MR) is 183 cm³/mol. The van der Waals surface area contributed by atoms with E-state index < -0.39 is 8.60 Å². The first-order valence-corrected chi connectivity index (χ1v) is 18.7. The van der Waals surface area contributed by atoms with Gasteiger partial charge in [-0.1, -0.05) is 158 Å². The summed E-state index contributed by atoms with van der Waals surface area (Å²) < 4.78 is 18.6. The van der Waals surface area contributed by atoms with E-state index in [1.165, 1.54) is 127 Å². The highest BCUT2D eigenvalue weighted by Gasteiger charge is 2.16.